The molecule has 1 aromatic rings. The van der Waals surface area contributed by atoms with E-state index >= 15 is 0 Å². The topological polar surface area (TPSA) is 72.2 Å². The molecule has 8 heteroatoms. The van der Waals surface area contributed by atoms with Gasteiger partial charge in [-0.25, -0.2) is 12.8 Å². The van der Waals surface area contributed by atoms with Gasteiger partial charge in [0, 0.05) is 0 Å². The van der Waals surface area contributed by atoms with Gasteiger partial charge in [-0.15, -0.1) is 0 Å². The smallest absolute Gasteiger partial charge is 0.239 e. The fourth-order valence-electron chi connectivity index (χ4n) is 0.963. The molecule has 0 saturated heterocycles. The molecular formula is C8H8ClFN2O2S2. The lowest BCUT2D eigenvalue weighted by Crippen LogP contribution is -2.26. The van der Waals surface area contributed by atoms with Crippen molar-refractivity contribution in [1.29, 1.82) is 0 Å². The number of halogens is 2. The third-order valence-corrected chi connectivity index (χ3v) is 3.40. The van der Waals surface area contributed by atoms with Crippen molar-refractivity contribution in [2.45, 2.75) is 0 Å². The lowest BCUT2D eigenvalue weighted by Gasteiger charge is -2.07. The summed E-state index contributed by atoms with van der Waals surface area (Å²) in [5.41, 5.74) is 5.17. The summed E-state index contributed by atoms with van der Waals surface area (Å²) in [5, 5.41) is -0.0858. The molecule has 88 valence electrons. The van der Waals surface area contributed by atoms with Gasteiger partial charge in [-0.05, 0) is 18.2 Å². The van der Waals surface area contributed by atoms with Crippen molar-refractivity contribution >= 4 is 44.5 Å². The molecule has 0 aliphatic heterocycles. The van der Waals surface area contributed by atoms with Gasteiger partial charge in [0.1, 0.15) is 11.6 Å². The summed E-state index contributed by atoms with van der Waals surface area (Å²) in [6.45, 7) is 0. The van der Waals surface area contributed by atoms with Crippen LogP contribution in [0, 0.1) is 5.82 Å². The number of anilines is 1. The van der Waals surface area contributed by atoms with Crippen LogP contribution in [-0.4, -0.2) is 19.2 Å². The largest absolute Gasteiger partial charge is 0.392 e. The van der Waals surface area contributed by atoms with E-state index in [1.165, 1.54) is 12.1 Å². The Balaban J connectivity index is 2.88. The normalized spacial score (nSPS) is 11.1. The maximum atomic E-state index is 13.0. The van der Waals surface area contributed by atoms with Crippen molar-refractivity contribution in [3.63, 3.8) is 0 Å². The highest BCUT2D eigenvalue weighted by Gasteiger charge is 2.12. The summed E-state index contributed by atoms with van der Waals surface area (Å²) in [6, 6.07) is 3.55. The molecule has 1 aromatic carbocycles. The van der Waals surface area contributed by atoms with Crippen LogP contribution in [-0.2, 0) is 10.0 Å². The first-order chi connectivity index (χ1) is 7.30. The van der Waals surface area contributed by atoms with Crippen molar-refractivity contribution < 1.29 is 12.8 Å². The van der Waals surface area contributed by atoms with Crippen LogP contribution in [0.25, 0.3) is 0 Å². The molecule has 0 saturated carbocycles. The number of hydrogen-bond donors (Lipinski definition) is 2. The summed E-state index contributed by atoms with van der Waals surface area (Å²) < 4.78 is 37.9. The Labute approximate surface area is 103 Å². The number of rotatable bonds is 4. The number of thiocarbonyl (C=S) groups is 1. The summed E-state index contributed by atoms with van der Waals surface area (Å²) >= 11 is 9.91. The van der Waals surface area contributed by atoms with Gasteiger partial charge in [0.05, 0.1) is 15.7 Å². The Hall–Kier alpha value is -0.920. The van der Waals surface area contributed by atoms with Crippen molar-refractivity contribution in [2.24, 2.45) is 5.73 Å². The summed E-state index contributed by atoms with van der Waals surface area (Å²) in [7, 11) is -3.69. The predicted octanol–water partition coefficient (Wildman–Crippen LogP) is 1.51. The molecule has 4 nitrogen and oxygen atoms in total. The van der Waals surface area contributed by atoms with Crippen molar-refractivity contribution in [1.82, 2.24) is 0 Å². The zero-order valence-electron chi connectivity index (χ0n) is 7.91. The minimum atomic E-state index is -3.69. The maximum absolute atomic E-state index is 13.0. The molecule has 0 unspecified atom stereocenters. The van der Waals surface area contributed by atoms with E-state index in [2.05, 4.69) is 16.9 Å². The van der Waals surface area contributed by atoms with Crippen LogP contribution in [0.4, 0.5) is 10.1 Å². The van der Waals surface area contributed by atoms with Gasteiger partial charge < -0.3 is 5.73 Å². The van der Waals surface area contributed by atoms with Gasteiger partial charge in [-0.2, -0.15) is 0 Å². The molecule has 0 amide bonds. The van der Waals surface area contributed by atoms with Gasteiger partial charge in [0.25, 0.3) is 0 Å². The highest BCUT2D eigenvalue weighted by molar-refractivity contribution is 7.95. The van der Waals surface area contributed by atoms with Crippen LogP contribution < -0.4 is 10.5 Å². The van der Waals surface area contributed by atoms with E-state index in [-0.39, 0.29) is 15.7 Å². The Morgan fingerprint density at radius 3 is 2.69 bits per heavy atom. The molecule has 0 fully saturated rings. The van der Waals surface area contributed by atoms with Crippen molar-refractivity contribution in [3.8, 4) is 0 Å². The molecule has 0 aliphatic rings. The Morgan fingerprint density at radius 2 is 2.19 bits per heavy atom. The Bertz CT molecular complexity index is 519. The third kappa shape index (κ3) is 3.92. The molecule has 0 aromatic heterocycles. The SMILES string of the molecule is NC(=S)CS(=O)(=O)Nc1ccc(Cl)c(F)c1. The molecule has 0 aliphatic carbocycles. The van der Waals surface area contributed by atoms with Crippen LogP contribution in [0.1, 0.15) is 0 Å². The van der Waals surface area contributed by atoms with Crippen molar-refractivity contribution in [2.75, 3.05) is 10.5 Å². The zero-order valence-corrected chi connectivity index (χ0v) is 10.3. The molecule has 1 rings (SSSR count). The molecular weight excluding hydrogens is 275 g/mol. The number of nitrogens with one attached hydrogen (secondary N) is 1. The fraction of sp³-hybridized carbons (Fsp3) is 0.125. The standard InChI is InChI=1S/C8H8ClFN2O2S2/c9-6-2-1-5(3-7(6)10)12-16(13,14)4-8(11)15/h1-3,12H,4H2,(H2,11,15). The van der Waals surface area contributed by atoms with E-state index in [4.69, 9.17) is 17.3 Å². The molecule has 16 heavy (non-hydrogen) atoms. The first kappa shape index (κ1) is 13.1. The monoisotopic (exact) mass is 282 g/mol. The quantitative estimate of drug-likeness (QED) is 0.821. The van der Waals surface area contributed by atoms with E-state index in [1.54, 1.807) is 0 Å². The minimum Gasteiger partial charge on any atom is -0.392 e. The summed E-state index contributed by atoms with van der Waals surface area (Å²) in [5.74, 6) is -1.20. The van der Waals surface area contributed by atoms with Crippen LogP contribution in [0.3, 0.4) is 0 Å². The van der Waals surface area contributed by atoms with E-state index in [1.807, 2.05) is 0 Å². The molecule has 0 radical (unpaired) electrons. The van der Waals surface area contributed by atoms with Crippen molar-refractivity contribution in [3.05, 3.63) is 29.0 Å². The Kier molecular flexibility index (Phi) is 4.06. The zero-order chi connectivity index (χ0) is 12.3. The first-order valence-electron chi connectivity index (χ1n) is 4.04. The molecule has 0 spiro atoms. The second-order valence-electron chi connectivity index (χ2n) is 2.96. The lowest BCUT2D eigenvalue weighted by atomic mass is 10.3. The average Bonchev–Trinajstić information content (AvgIpc) is 2.08. The van der Waals surface area contributed by atoms with Crippen LogP contribution in [0.5, 0.6) is 0 Å². The van der Waals surface area contributed by atoms with E-state index in [9.17, 15) is 12.8 Å². The lowest BCUT2D eigenvalue weighted by molar-refractivity contribution is 0.604. The van der Waals surface area contributed by atoms with Crippen LogP contribution >= 0.6 is 23.8 Å². The highest BCUT2D eigenvalue weighted by Crippen LogP contribution is 2.19. The predicted molar refractivity (Wildman–Crippen MR) is 65.6 cm³/mol. The summed E-state index contributed by atoms with van der Waals surface area (Å²) in [6.07, 6.45) is 0. The van der Waals surface area contributed by atoms with Gasteiger partial charge in [-0.3, -0.25) is 4.72 Å². The second-order valence-corrected chi connectivity index (χ2v) is 5.61. The average molecular weight is 283 g/mol. The fourth-order valence-corrected chi connectivity index (χ4v) is 2.48. The number of sulfonamides is 1. The summed E-state index contributed by atoms with van der Waals surface area (Å²) in [4.78, 5) is -0.165. The number of nitrogens with two attached hydrogens (primary N) is 1. The van der Waals surface area contributed by atoms with Gasteiger partial charge in [-0.1, -0.05) is 23.8 Å². The second kappa shape index (κ2) is 4.94. The third-order valence-electron chi connectivity index (χ3n) is 1.53. The molecule has 0 atom stereocenters. The van der Waals surface area contributed by atoms with Crippen LogP contribution in [0.15, 0.2) is 18.2 Å². The molecule has 0 bridgehead atoms. The highest BCUT2D eigenvalue weighted by atomic mass is 35.5. The minimum absolute atomic E-state index is 0.0677. The van der Waals surface area contributed by atoms with E-state index in [0.717, 1.165) is 6.07 Å². The molecule has 3 N–H and O–H groups in total. The molecule has 0 heterocycles. The van der Waals surface area contributed by atoms with Crippen LogP contribution in [0.2, 0.25) is 5.02 Å². The Morgan fingerprint density at radius 1 is 1.56 bits per heavy atom. The van der Waals surface area contributed by atoms with E-state index < -0.39 is 21.6 Å². The maximum Gasteiger partial charge on any atom is 0.239 e. The first-order valence-corrected chi connectivity index (χ1v) is 6.48. The van der Waals surface area contributed by atoms with Gasteiger partial charge in [0.15, 0.2) is 0 Å². The number of hydrogen-bond acceptors (Lipinski definition) is 3. The van der Waals surface area contributed by atoms with Gasteiger partial charge in [0.2, 0.25) is 10.0 Å². The van der Waals surface area contributed by atoms with Gasteiger partial charge >= 0.3 is 0 Å². The van der Waals surface area contributed by atoms with E-state index in [0.29, 0.717) is 0 Å². The number of benzene rings is 1.